The number of benzene rings is 2. The SMILES string of the molecule is CC(=O)N1CCC(C(=O)OCCCn2c(=O)oc3ccccc32)(c2ccccc2)CC1. The number of rotatable bonds is 6. The number of hydrogen-bond donors (Lipinski definition) is 0. The smallest absolute Gasteiger partial charge is 0.419 e. The second-order valence-electron chi connectivity index (χ2n) is 7.93. The number of oxazole rings is 1. The largest absolute Gasteiger partial charge is 0.465 e. The molecule has 4 rings (SSSR count). The molecule has 7 nitrogen and oxygen atoms in total. The van der Waals surface area contributed by atoms with Crippen LogP contribution in [0.1, 0.15) is 31.7 Å². The minimum atomic E-state index is -0.758. The lowest BCUT2D eigenvalue weighted by Gasteiger charge is -2.40. The summed E-state index contributed by atoms with van der Waals surface area (Å²) in [5, 5.41) is 0. The molecule has 1 aliphatic rings. The summed E-state index contributed by atoms with van der Waals surface area (Å²) in [5.41, 5.74) is 1.44. The summed E-state index contributed by atoms with van der Waals surface area (Å²) in [6.07, 6.45) is 1.56. The van der Waals surface area contributed by atoms with Crippen molar-refractivity contribution < 1.29 is 18.7 Å². The van der Waals surface area contributed by atoms with Gasteiger partial charge in [0.05, 0.1) is 17.5 Å². The van der Waals surface area contributed by atoms with Crippen LogP contribution in [0.15, 0.2) is 63.8 Å². The Labute approximate surface area is 180 Å². The highest BCUT2D eigenvalue weighted by molar-refractivity contribution is 5.84. The molecule has 0 bridgehead atoms. The van der Waals surface area contributed by atoms with Crippen LogP contribution in [0, 0.1) is 0 Å². The van der Waals surface area contributed by atoms with Crippen LogP contribution in [0.4, 0.5) is 0 Å². The second-order valence-corrected chi connectivity index (χ2v) is 7.93. The number of aromatic nitrogens is 1. The van der Waals surface area contributed by atoms with Crippen LogP contribution in [0.3, 0.4) is 0 Å². The van der Waals surface area contributed by atoms with Crippen LogP contribution in [0.2, 0.25) is 0 Å². The Bertz CT molecular complexity index is 1120. The number of fused-ring (bicyclic) bond motifs is 1. The zero-order chi connectivity index (χ0) is 21.8. The maximum atomic E-state index is 13.2. The van der Waals surface area contributed by atoms with E-state index < -0.39 is 11.2 Å². The van der Waals surface area contributed by atoms with Crippen molar-refractivity contribution in [2.45, 2.75) is 38.1 Å². The molecule has 162 valence electrons. The topological polar surface area (TPSA) is 81.8 Å². The van der Waals surface area contributed by atoms with E-state index in [1.54, 1.807) is 22.5 Å². The van der Waals surface area contributed by atoms with Gasteiger partial charge in [-0.1, -0.05) is 42.5 Å². The van der Waals surface area contributed by atoms with Crippen molar-refractivity contribution >= 4 is 23.0 Å². The maximum Gasteiger partial charge on any atom is 0.419 e. The second kappa shape index (κ2) is 8.79. The number of carbonyl (C=O) groups is 2. The quantitative estimate of drug-likeness (QED) is 0.450. The van der Waals surface area contributed by atoms with Crippen LogP contribution in [0.5, 0.6) is 0 Å². The van der Waals surface area contributed by atoms with Crippen LogP contribution >= 0.6 is 0 Å². The van der Waals surface area contributed by atoms with Gasteiger partial charge in [0.1, 0.15) is 0 Å². The van der Waals surface area contributed by atoms with Crippen LogP contribution in [0.25, 0.3) is 11.1 Å². The first-order valence-corrected chi connectivity index (χ1v) is 10.6. The number of carbonyl (C=O) groups excluding carboxylic acids is 2. The molecule has 0 aliphatic carbocycles. The fourth-order valence-electron chi connectivity index (χ4n) is 4.32. The molecule has 1 fully saturated rings. The van der Waals surface area contributed by atoms with Crippen molar-refractivity contribution in [2.75, 3.05) is 19.7 Å². The maximum absolute atomic E-state index is 13.2. The molecule has 7 heteroatoms. The van der Waals surface area contributed by atoms with Gasteiger partial charge in [0, 0.05) is 26.6 Å². The molecule has 0 atom stereocenters. The Morgan fingerprint density at radius 2 is 1.71 bits per heavy atom. The highest BCUT2D eigenvalue weighted by Gasteiger charge is 2.44. The summed E-state index contributed by atoms with van der Waals surface area (Å²) in [6, 6.07) is 16.9. The van der Waals surface area contributed by atoms with Crippen molar-refractivity contribution in [2.24, 2.45) is 0 Å². The molecule has 0 unspecified atom stereocenters. The van der Waals surface area contributed by atoms with Gasteiger partial charge >= 0.3 is 11.7 Å². The molecule has 2 heterocycles. The highest BCUT2D eigenvalue weighted by atomic mass is 16.5. The van der Waals surface area contributed by atoms with Gasteiger partial charge in [-0.05, 0) is 37.0 Å². The molecule has 0 spiro atoms. The number of esters is 1. The van der Waals surface area contributed by atoms with Crippen molar-refractivity contribution in [3.8, 4) is 0 Å². The third kappa shape index (κ3) is 4.13. The summed E-state index contributed by atoms with van der Waals surface area (Å²) < 4.78 is 12.5. The number of hydrogen-bond acceptors (Lipinski definition) is 5. The van der Waals surface area contributed by atoms with Gasteiger partial charge in [-0.3, -0.25) is 14.2 Å². The van der Waals surface area contributed by atoms with Gasteiger partial charge in [0.25, 0.3) is 0 Å². The van der Waals surface area contributed by atoms with Gasteiger partial charge in [0.2, 0.25) is 5.91 Å². The van der Waals surface area contributed by atoms with E-state index in [4.69, 9.17) is 9.15 Å². The molecule has 1 aliphatic heterocycles. The number of piperidine rings is 1. The number of para-hydroxylation sites is 2. The molecule has 0 N–H and O–H groups in total. The molecule has 3 aromatic rings. The highest BCUT2D eigenvalue weighted by Crippen LogP contribution is 2.37. The van der Waals surface area contributed by atoms with Gasteiger partial charge < -0.3 is 14.1 Å². The molecule has 0 saturated carbocycles. The Hall–Kier alpha value is -3.35. The molecule has 0 radical (unpaired) electrons. The zero-order valence-corrected chi connectivity index (χ0v) is 17.6. The molecular weight excluding hydrogens is 396 g/mol. The Morgan fingerprint density at radius 3 is 2.42 bits per heavy atom. The average molecular weight is 422 g/mol. The predicted molar refractivity (Wildman–Crippen MR) is 116 cm³/mol. The number of nitrogens with zero attached hydrogens (tertiary/aromatic N) is 2. The predicted octanol–water partition coefficient (Wildman–Crippen LogP) is 3.11. The Morgan fingerprint density at radius 1 is 1.03 bits per heavy atom. The Kier molecular flexibility index (Phi) is 5.93. The normalized spacial score (nSPS) is 15.7. The number of likely N-dealkylation sites (tertiary alicyclic amines) is 1. The third-order valence-electron chi connectivity index (χ3n) is 6.11. The molecule has 1 amide bonds. The molecule has 2 aromatic carbocycles. The molecular formula is C24H26N2O5. The first kappa shape index (κ1) is 20.9. The van der Waals surface area contributed by atoms with E-state index >= 15 is 0 Å². The van der Waals surface area contributed by atoms with Crippen molar-refractivity contribution in [1.82, 2.24) is 9.47 Å². The van der Waals surface area contributed by atoms with Gasteiger partial charge in [-0.25, -0.2) is 4.79 Å². The lowest BCUT2D eigenvalue weighted by molar-refractivity contribution is -0.154. The minimum absolute atomic E-state index is 0.0211. The fraction of sp³-hybridized carbons (Fsp3) is 0.375. The summed E-state index contributed by atoms with van der Waals surface area (Å²) in [7, 11) is 0. The van der Waals surface area contributed by atoms with E-state index in [1.165, 1.54) is 0 Å². The zero-order valence-electron chi connectivity index (χ0n) is 17.6. The first-order valence-electron chi connectivity index (χ1n) is 10.6. The van der Waals surface area contributed by atoms with E-state index in [1.807, 2.05) is 48.5 Å². The summed E-state index contributed by atoms with van der Waals surface area (Å²) in [5.74, 6) is -0.663. The molecule has 1 saturated heterocycles. The lowest BCUT2D eigenvalue weighted by atomic mass is 9.72. The third-order valence-corrected chi connectivity index (χ3v) is 6.11. The van der Waals surface area contributed by atoms with E-state index in [0.29, 0.717) is 44.5 Å². The van der Waals surface area contributed by atoms with E-state index in [2.05, 4.69) is 0 Å². The van der Waals surface area contributed by atoms with Crippen LogP contribution < -0.4 is 5.76 Å². The monoisotopic (exact) mass is 422 g/mol. The van der Waals surface area contributed by atoms with Crippen molar-refractivity contribution in [3.05, 3.63) is 70.7 Å². The summed E-state index contributed by atoms with van der Waals surface area (Å²) >= 11 is 0. The van der Waals surface area contributed by atoms with Crippen LogP contribution in [-0.2, 0) is 26.3 Å². The summed E-state index contributed by atoms with van der Waals surface area (Å²) in [4.78, 5) is 38.8. The minimum Gasteiger partial charge on any atom is -0.465 e. The fourth-order valence-corrected chi connectivity index (χ4v) is 4.32. The van der Waals surface area contributed by atoms with Gasteiger partial charge in [-0.2, -0.15) is 0 Å². The van der Waals surface area contributed by atoms with Crippen LogP contribution in [-0.4, -0.2) is 41.0 Å². The molecule has 1 aromatic heterocycles. The lowest BCUT2D eigenvalue weighted by Crippen LogP contribution is -2.49. The van der Waals surface area contributed by atoms with E-state index in [0.717, 1.165) is 11.1 Å². The Balaban J connectivity index is 1.43. The first-order chi connectivity index (χ1) is 15.0. The average Bonchev–Trinajstić information content (AvgIpc) is 3.12. The van der Waals surface area contributed by atoms with Gasteiger partial charge in [-0.15, -0.1) is 0 Å². The number of amides is 1. The van der Waals surface area contributed by atoms with E-state index in [-0.39, 0.29) is 18.5 Å². The summed E-state index contributed by atoms with van der Waals surface area (Å²) in [6.45, 7) is 3.20. The van der Waals surface area contributed by atoms with Crippen molar-refractivity contribution in [1.29, 1.82) is 0 Å². The van der Waals surface area contributed by atoms with E-state index in [9.17, 15) is 14.4 Å². The number of ether oxygens (including phenoxy) is 1. The van der Waals surface area contributed by atoms with Crippen molar-refractivity contribution in [3.63, 3.8) is 0 Å². The number of aryl methyl sites for hydroxylation is 1. The van der Waals surface area contributed by atoms with Gasteiger partial charge in [0.15, 0.2) is 5.58 Å². The standard InChI is InChI=1S/C24H26N2O5/c1-18(27)25-15-12-24(13-16-25,19-8-3-2-4-9-19)22(28)30-17-7-14-26-20-10-5-6-11-21(20)31-23(26)29/h2-6,8-11H,7,12-17H2,1H3. The molecule has 31 heavy (non-hydrogen) atoms.